The number of aromatic nitrogens is 3. The van der Waals surface area contributed by atoms with Crippen molar-refractivity contribution in [1.29, 1.82) is 0 Å². The van der Waals surface area contributed by atoms with E-state index in [4.69, 9.17) is 14.7 Å². The van der Waals surface area contributed by atoms with Crippen LogP contribution in [0.5, 0.6) is 11.5 Å². The number of nitrogens with one attached hydrogen (secondary N) is 1. The molecule has 5 nitrogen and oxygen atoms in total. The highest BCUT2D eigenvalue weighted by molar-refractivity contribution is 5.68. The molecule has 5 heteroatoms. The van der Waals surface area contributed by atoms with Crippen LogP contribution < -0.4 is 10.1 Å². The highest BCUT2D eigenvalue weighted by Crippen LogP contribution is 2.27. The Balaban J connectivity index is 1.43. The smallest absolute Gasteiger partial charge is 0.162 e. The first-order valence-electron chi connectivity index (χ1n) is 10.3. The number of hydrogen-bond donors (Lipinski definition) is 1. The molecule has 0 spiro atoms. The molecule has 3 aromatic carbocycles. The van der Waals surface area contributed by atoms with Gasteiger partial charge in [0, 0.05) is 23.5 Å². The van der Waals surface area contributed by atoms with E-state index in [1.165, 1.54) is 0 Å². The summed E-state index contributed by atoms with van der Waals surface area (Å²) in [5.41, 5.74) is 3.39. The summed E-state index contributed by atoms with van der Waals surface area (Å²) in [5, 5.41) is 3.38. The average Bonchev–Trinajstić information content (AvgIpc) is 2.87. The fourth-order valence-electron chi connectivity index (χ4n) is 3.25. The van der Waals surface area contributed by atoms with Gasteiger partial charge >= 0.3 is 0 Å². The van der Waals surface area contributed by atoms with Crippen LogP contribution in [0.15, 0.2) is 115 Å². The molecule has 0 atom stereocenters. The molecule has 0 bridgehead atoms. The lowest BCUT2D eigenvalue weighted by Gasteiger charge is -2.11. The van der Waals surface area contributed by atoms with Gasteiger partial charge in [0.1, 0.15) is 17.3 Å². The third-order valence-corrected chi connectivity index (χ3v) is 4.79. The molecule has 1 N–H and O–H groups in total. The topological polar surface area (TPSA) is 59.9 Å². The lowest BCUT2D eigenvalue weighted by molar-refractivity contribution is 0.483. The molecular weight excluding hydrogens is 396 g/mol. The van der Waals surface area contributed by atoms with E-state index in [0.717, 1.165) is 34.1 Å². The molecule has 5 rings (SSSR count). The quantitative estimate of drug-likeness (QED) is 0.332. The van der Waals surface area contributed by atoms with Crippen LogP contribution in [0.2, 0.25) is 0 Å². The van der Waals surface area contributed by atoms with Gasteiger partial charge in [-0.05, 0) is 48.5 Å². The van der Waals surface area contributed by atoms with Crippen molar-refractivity contribution in [3.8, 4) is 34.3 Å². The lowest BCUT2D eigenvalue weighted by atomic mass is 10.2. The molecule has 0 unspecified atom stereocenters. The Bertz CT molecular complexity index is 1230. The Morgan fingerprint density at radius 2 is 1.28 bits per heavy atom. The molecule has 2 heterocycles. The molecule has 0 aliphatic rings. The molecule has 0 radical (unpaired) electrons. The molecule has 0 saturated carbocycles. The van der Waals surface area contributed by atoms with E-state index in [1.54, 1.807) is 6.20 Å². The van der Waals surface area contributed by atoms with Crippen LogP contribution in [0.1, 0.15) is 0 Å². The molecule has 32 heavy (non-hydrogen) atoms. The number of anilines is 2. The third kappa shape index (κ3) is 4.63. The van der Waals surface area contributed by atoms with E-state index in [0.29, 0.717) is 11.6 Å². The van der Waals surface area contributed by atoms with Gasteiger partial charge in [-0.2, -0.15) is 0 Å². The van der Waals surface area contributed by atoms with Gasteiger partial charge in [0.05, 0.1) is 11.4 Å². The predicted octanol–water partition coefficient (Wildman–Crippen LogP) is 6.74. The molecule has 0 amide bonds. The van der Waals surface area contributed by atoms with Crippen LogP contribution in [-0.2, 0) is 0 Å². The number of pyridine rings is 1. The van der Waals surface area contributed by atoms with Crippen LogP contribution in [0, 0.1) is 0 Å². The van der Waals surface area contributed by atoms with Gasteiger partial charge < -0.3 is 10.1 Å². The Hall–Kier alpha value is -4.51. The molecule has 0 saturated heterocycles. The standard InChI is InChI=1S/C27H20N4O/c1-3-9-20(10-4-1)27-30-25(24-13-7-8-18-28-24)19-26(31-27)29-21-14-16-23(17-15-21)32-22-11-5-2-6-12-22/h1-19H,(H,29,30,31). The predicted molar refractivity (Wildman–Crippen MR) is 127 cm³/mol. The van der Waals surface area contributed by atoms with Crippen molar-refractivity contribution in [1.82, 2.24) is 15.0 Å². The van der Waals surface area contributed by atoms with Gasteiger partial charge in [-0.1, -0.05) is 54.6 Å². The lowest BCUT2D eigenvalue weighted by Crippen LogP contribution is -2.00. The third-order valence-electron chi connectivity index (χ3n) is 4.79. The minimum atomic E-state index is 0.639. The average molecular weight is 416 g/mol. The molecule has 0 fully saturated rings. The van der Waals surface area contributed by atoms with E-state index in [9.17, 15) is 0 Å². The van der Waals surface area contributed by atoms with Crippen molar-refractivity contribution < 1.29 is 4.74 Å². The summed E-state index contributed by atoms with van der Waals surface area (Å²) >= 11 is 0. The van der Waals surface area contributed by atoms with Crippen molar-refractivity contribution in [2.24, 2.45) is 0 Å². The van der Waals surface area contributed by atoms with Crippen molar-refractivity contribution >= 4 is 11.5 Å². The van der Waals surface area contributed by atoms with Crippen LogP contribution in [0.25, 0.3) is 22.8 Å². The van der Waals surface area contributed by atoms with E-state index < -0.39 is 0 Å². The first kappa shape index (κ1) is 19.5. The summed E-state index contributed by atoms with van der Waals surface area (Å²) in [7, 11) is 0. The largest absolute Gasteiger partial charge is 0.457 e. The Morgan fingerprint density at radius 3 is 2.00 bits per heavy atom. The van der Waals surface area contributed by atoms with Crippen molar-refractivity contribution in [2.75, 3.05) is 5.32 Å². The highest BCUT2D eigenvalue weighted by Gasteiger charge is 2.10. The monoisotopic (exact) mass is 416 g/mol. The molecule has 2 aromatic heterocycles. The summed E-state index contributed by atoms with van der Waals surface area (Å²) in [6.45, 7) is 0. The summed E-state index contributed by atoms with van der Waals surface area (Å²) in [6, 6.07) is 35.1. The van der Waals surface area contributed by atoms with Crippen LogP contribution >= 0.6 is 0 Å². The normalized spacial score (nSPS) is 10.5. The number of ether oxygens (including phenoxy) is 1. The Labute approximate surface area is 186 Å². The van der Waals surface area contributed by atoms with Gasteiger partial charge in [-0.15, -0.1) is 0 Å². The van der Waals surface area contributed by atoms with E-state index >= 15 is 0 Å². The highest BCUT2D eigenvalue weighted by atomic mass is 16.5. The van der Waals surface area contributed by atoms with Gasteiger partial charge in [-0.3, -0.25) is 4.98 Å². The summed E-state index contributed by atoms with van der Waals surface area (Å²) < 4.78 is 5.88. The second-order valence-corrected chi connectivity index (χ2v) is 7.11. The first-order chi connectivity index (χ1) is 15.8. The molecule has 154 valence electrons. The summed E-state index contributed by atoms with van der Waals surface area (Å²) in [5.74, 6) is 2.90. The fraction of sp³-hybridized carbons (Fsp3) is 0. The van der Waals surface area contributed by atoms with Crippen LogP contribution in [-0.4, -0.2) is 15.0 Å². The van der Waals surface area contributed by atoms with Crippen molar-refractivity contribution in [3.05, 3.63) is 115 Å². The number of hydrogen-bond acceptors (Lipinski definition) is 5. The number of rotatable bonds is 6. The molecule has 5 aromatic rings. The van der Waals surface area contributed by atoms with Crippen LogP contribution in [0.3, 0.4) is 0 Å². The molecular formula is C27H20N4O. The zero-order valence-corrected chi connectivity index (χ0v) is 17.2. The second kappa shape index (κ2) is 9.10. The minimum absolute atomic E-state index is 0.639. The van der Waals surface area contributed by atoms with E-state index in [2.05, 4.69) is 10.3 Å². The van der Waals surface area contributed by atoms with Crippen molar-refractivity contribution in [2.45, 2.75) is 0 Å². The van der Waals surface area contributed by atoms with Gasteiger partial charge in [0.15, 0.2) is 5.82 Å². The van der Waals surface area contributed by atoms with E-state index in [1.807, 2.05) is 109 Å². The van der Waals surface area contributed by atoms with Crippen molar-refractivity contribution in [3.63, 3.8) is 0 Å². The maximum atomic E-state index is 5.88. The maximum absolute atomic E-state index is 5.88. The number of nitrogens with zero attached hydrogens (tertiary/aromatic N) is 3. The van der Waals surface area contributed by atoms with Gasteiger partial charge in [-0.25, -0.2) is 9.97 Å². The maximum Gasteiger partial charge on any atom is 0.162 e. The number of para-hydroxylation sites is 1. The fourth-order valence-corrected chi connectivity index (χ4v) is 3.25. The van der Waals surface area contributed by atoms with Gasteiger partial charge in [0.2, 0.25) is 0 Å². The SMILES string of the molecule is c1ccc(Oc2ccc(Nc3cc(-c4ccccn4)nc(-c4ccccc4)n3)cc2)cc1. The molecule has 0 aliphatic heterocycles. The van der Waals surface area contributed by atoms with Crippen LogP contribution in [0.4, 0.5) is 11.5 Å². The Morgan fingerprint density at radius 1 is 0.594 bits per heavy atom. The first-order valence-corrected chi connectivity index (χ1v) is 10.3. The Kier molecular flexibility index (Phi) is 5.53. The van der Waals surface area contributed by atoms with E-state index in [-0.39, 0.29) is 0 Å². The molecule has 0 aliphatic carbocycles. The second-order valence-electron chi connectivity index (χ2n) is 7.11. The zero-order valence-electron chi connectivity index (χ0n) is 17.2. The summed E-state index contributed by atoms with van der Waals surface area (Å²) in [6.07, 6.45) is 1.76. The zero-order chi connectivity index (χ0) is 21.6. The summed E-state index contributed by atoms with van der Waals surface area (Å²) in [4.78, 5) is 13.9. The number of benzene rings is 3. The van der Waals surface area contributed by atoms with Gasteiger partial charge in [0.25, 0.3) is 0 Å². The minimum Gasteiger partial charge on any atom is -0.457 e.